The van der Waals surface area contributed by atoms with Gasteiger partial charge in [0, 0.05) is 39.1 Å². The second kappa shape index (κ2) is 9.14. The highest BCUT2D eigenvalue weighted by Crippen LogP contribution is 2.27. The molecule has 32 heavy (non-hydrogen) atoms. The molecule has 0 atom stereocenters. The van der Waals surface area contributed by atoms with Crippen LogP contribution >= 0.6 is 0 Å². The number of carbonyl (C=O) groups is 1. The van der Waals surface area contributed by atoms with Gasteiger partial charge in [0.25, 0.3) is 0 Å². The molecule has 0 saturated carbocycles. The largest absolute Gasteiger partial charge is 0.297 e. The van der Waals surface area contributed by atoms with Crippen LogP contribution in [0.4, 0.5) is 5.69 Å². The quantitative estimate of drug-likeness (QED) is 0.632. The van der Waals surface area contributed by atoms with Crippen molar-refractivity contribution in [1.82, 2.24) is 9.21 Å². The van der Waals surface area contributed by atoms with E-state index in [1.165, 1.54) is 28.6 Å². The molecule has 2 aromatic rings. The maximum Gasteiger partial charge on any atom is 0.243 e. The van der Waals surface area contributed by atoms with Crippen molar-refractivity contribution in [3.63, 3.8) is 0 Å². The smallest absolute Gasteiger partial charge is 0.243 e. The molecule has 0 aliphatic carbocycles. The van der Waals surface area contributed by atoms with Crippen LogP contribution in [0.3, 0.4) is 0 Å². The third-order valence-corrected chi connectivity index (χ3v) is 9.20. The molecule has 2 aromatic carbocycles. The van der Waals surface area contributed by atoms with Gasteiger partial charge in [-0.05, 0) is 29.8 Å². The fraction of sp³-hybridized carbons (Fsp3) is 0.318. The molecule has 8 nitrogen and oxygen atoms in total. The number of hydrogen-bond acceptors (Lipinski definition) is 6. The van der Waals surface area contributed by atoms with E-state index in [2.05, 4.69) is 17.1 Å². The number of amides is 1. The average Bonchev–Trinajstić information content (AvgIpc) is 3.07. The minimum absolute atomic E-state index is 0.0623. The molecule has 1 amide bonds. The van der Waals surface area contributed by atoms with Crippen LogP contribution in [0, 0.1) is 0 Å². The molecule has 2 heterocycles. The summed E-state index contributed by atoms with van der Waals surface area (Å²) in [5, 5.41) is 0. The zero-order chi connectivity index (χ0) is 22.8. The van der Waals surface area contributed by atoms with Gasteiger partial charge in [-0.15, -0.1) is 0 Å². The molecule has 0 unspecified atom stereocenters. The molecule has 0 bridgehead atoms. The van der Waals surface area contributed by atoms with Gasteiger partial charge >= 0.3 is 0 Å². The first-order chi connectivity index (χ1) is 15.3. The maximum atomic E-state index is 13.0. The zero-order valence-electron chi connectivity index (χ0n) is 17.5. The second-order valence-corrected chi connectivity index (χ2v) is 11.6. The van der Waals surface area contributed by atoms with E-state index in [-0.39, 0.29) is 22.8 Å². The van der Waals surface area contributed by atoms with Gasteiger partial charge in [0.05, 0.1) is 16.3 Å². The molecule has 0 radical (unpaired) electrons. The van der Waals surface area contributed by atoms with Crippen LogP contribution in [0.1, 0.15) is 12.0 Å². The van der Waals surface area contributed by atoms with E-state index < -0.39 is 26.0 Å². The topological polar surface area (TPSA) is 95.1 Å². The number of carbonyl (C=O) groups excluding carboxylic acids is 1. The lowest BCUT2D eigenvalue weighted by Crippen LogP contribution is -2.48. The Kier molecular flexibility index (Phi) is 6.47. The van der Waals surface area contributed by atoms with Crippen LogP contribution in [-0.4, -0.2) is 70.4 Å². The Bertz CT molecular complexity index is 1200. The summed E-state index contributed by atoms with van der Waals surface area (Å²) in [5.74, 6) is -0.727. The molecular weight excluding hydrogens is 450 g/mol. The van der Waals surface area contributed by atoms with Crippen molar-refractivity contribution in [2.24, 2.45) is 0 Å². The number of rotatable bonds is 6. The van der Waals surface area contributed by atoms with Gasteiger partial charge in [0.2, 0.25) is 26.0 Å². The highest BCUT2D eigenvalue weighted by atomic mass is 32.2. The minimum Gasteiger partial charge on any atom is -0.297 e. The van der Waals surface area contributed by atoms with Crippen LogP contribution in [-0.2, 0) is 24.8 Å². The molecule has 0 spiro atoms. The Hall–Kier alpha value is -2.53. The van der Waals surface area contributed by atoms with E-state index in [1.54, 1.807) is 0 Å². The predicted molar refractivity (Wildman–Crippen MR) is 123 cm³/mol. The third kappa shape index (κ3) is 4.78. The first-order valence-electron chi connectivity index (χ1n) is 10.4. The number of anilines is 1. The Balaban J connectivity index is 1.37. The summed E-state index contributed by atoms with van der Waals surface area (Å²) in [6.07, 6.45) is 4.06. The fourth-order valence-corrected chi connectivity index (χ4v) is 6.71. The van der Waals surface area contributed by atoms with Crippen LogP contribution in [0.15, 0.2) is 65.6 Å². The Morgan fingerprint density at radius 1 is 0.906 bits per heavy atom. The van der Waals surface area contributed by atoms with E-state index in [0.29, 0.717) is 26.2 Å². The summed E-state index contributed by atoms with van der Waals surface area (Å²) in [7, 11) is -7.37. The van der Waals surface area contributed by atoms with Crippen LogP contribution in [0.2, 0.25) is 0 Å². The molecule has 2 fully saturated rings. The molecule has 170 valence electrons. The molecule has 2 aliphatic heterocycles. The second-order valence-electron chi connectivity index (χ2n) is 7.74. The standard InChI is InChI=1S/C22H25N3O5S2/c26-22-12-18-31(27,28)25(22)20-8-10-21(11-9-20)32(29,30)24-16-14-23(15-17-24)13-4-7-19-5-2-1-3-6-19/h1-11H,12-18H2/b7-4+. The van der Waals surface area contributed by atoms with Gasteiger partial charge in [-0.1, -0.05) is 42.5 Å². The summed E-state index contributed by atoms with van der Waals surface area (Å²) >= 11 is 0. The lowest BCUT2D eigenvalue weighted by Gasteiger charge is -2.33. The average molecular weight is 476 g/mol. The summed E-state index contributed by atoms with van der Waals surface area (Å²) in [6, 6.07) is 15.5. The molecule has 0 N–H and O–H groups in total. The van der Waals surface area contributed by atoms with Crippen molar-refractivity contribution in [3.05, 3.63) is 66.2 Å². The van der Waals surface area contributed by atoms with Crippen molar-refractivity contribution in [2.75, 3.05) is 42.8 Å². The molecule has 0 aromatic heterocycles. The normalized spacial score (nSPS) is 20.2. The van der Waals surface area contributed by atoms with E-state index in [4.69, 9.17) is 0 Å². The van der Waals surface area contributed by atoms with E-state index in [9.17, 15) is 21.6 Å². The van der Waals surface area contributed by atoms with E-state index >= 15 is 0 Å². The minimum atomic E-state index is -3.70. The van der Waals surface area contributed by atoms with Crippen molar-refractivity contribution in [3.8, 4) is 0 Å². The highest BCUT2D eigenvalue weighted by molar-refractivity contribution is 7.94. The lowest BCUT2D eigenvalue weighted by molar-refractivity contribution is -0.116. The SMILES string of the molecule is O=C1CCS(=O)(=O)N1c1ccc(S(=O)(=O)N2CCN(C/C=C/c3ccccc3)CC2)cc1. The van der Waals surface area contributed by atoms with Crippen molar-refractivity contribution in [2.45, 2.75) is 11.3 Å². The number of benzene rings is 2. The lowest BCUT2D eigenvalue weighted by atomic mass is 10.2. The first-order valence-corrected chi connectivity index (χ1v) is 13.4. The fourth-order valence-electron chi connectivity index (χ4n) is 3.83. The maximum absolute atomic E-state index is 13.0. The summed E-state index contributed by atoms with van der Waals surface area (Å²) < 4.78 is 52.3. The molecule has 4 rings (SSSR count). The third-order valence-electron chi connectivity index (χ3n) is 5.59. The van der Waals surface area contributed by atoms with Gasteiger partial charge in [0.1, 0.15) is 0 Å². The summed E-state index contributed by atoms with van der Waals surface area (Å²) in [5.41, 5.74) is 1.29. The Morgan fingerprint density at radius 3 is 2.16 bits per heavy atom. The monoisotopic (exact) mass is 475 g/mol. The van der Waals surface area contributed by atoms with Gasteiger partial charge in [0.15, 0.2) is 0 Å². The van der Waals surface area contributed by atoms with Crippen molar-refractivity contribution >= 4 is 37.7 Å². The van der Waals surface area contributed by atoms with Crippen molar-refractivity contribution in [1.29, 1.82) is 0 Å². The number of piperazine rings is 1. The van der Waals surface area contributed by atoms with Gasteiger partial charge in [-0.2, -0.15) is 4.31 Å². The Labute approximate surface area is 188 Å². The molecule has 2 saturated heterocycles. The molecule has 2 aliphatic rings. The Morgan fingerprint density at radius 2 is 1.56 bits per heavy atom. The predicted octanol–water partition coefficient (Wildman–Crippen LogP) is 1.77. The first kappa shape index (κ1) is 22.7. The van der Waals surface area contributed by atoms with Crippen LogP contribution < -0.4 is 4.31 Å². The number of hydrogen-bond donors (Lipinski definition) is 0. The zero-order valence-corrected chi connectivity index (χ0v) is 19.1. The highest BCUT2D eigenvalue weighted by Gasteiger charge is 2.36. The molecule has 10 heteroatoms. The van der Waals surface area contributed by atoms with Crippen LogP contribution in [0.25, 0.3) is 6.08 Å². The molecular formula is C22H25N3O5S2. The van der Waals surface area contributed by atoms with Crippen LogP contribution in [0.5, 0.6) is 0 Å². The van der Waals surface area contributed by atoms with E-state index in [0.717, 1.165) is 16.4 Å². The van der Waals surface area contributed by atoms with Gasteiger partial charge < -0.3 is 0 Å². The van der Waals surface area contributed by atoms with Gasteiger partial charge in [-0.3, -0.25) is 9.69 Å². The number of nitrogens with zero attached hydrogens (tertiary/aromatic N) is 3. The van der Waals surface area contributed by atoms with Crippen molar-refractivity contribution < 1.29 is 21.6 Å². The summed E-state index contributed by atoms with van der Waals surface area (Å²) in [6.45, 7) is 2.74. The summed E-state index contributed by atoms with van der Waals surface area (Å²) in [4.78, 5) is 14.2. The van der Waals surface area contributed by atoms with E-state index in [1.807, 2.05) is 30.3 Å². The number of sulfonamides is 2. The van der Waals surface area contributed by atoms with Gasteiger partial charge in [-0.25, -0.2) is 21.1 Å².